The number of carbonyl (C=O) groups excluding carboxylic acids is 1. The Morgan fingerprint density at radius 2 is 1.29 bits per heavy atom. The summed E-state index contributed by atoms with van der Waals surface area (Å²) in [6.45, 7) is 3.22. The van der Waals surface area contributed by atoms with Gasteiger partial charge in [-0.25, -0.2) is 0 Å². The SMILES string of the molecule is CO[C@](C(=O)N[C@H](C)CN(Cc1ccccc1)Cc1ccccc1)(c1ccccc1)C(F)(F)F. The lowest BCUT2D eigenvalue weighted by atomic mass is 9.91. The van der Waals surface area contributed by atoms with Crippen molar-refractivity contribution in [3.05, 3.63) is 108 Å². The molecule has 4 nitrogen and oxygen atoms in total. The van der Waals surface area contributed by atoms with Gasteiger partial charge in [-0.3, -0.25) is 9.69 Å². The largest absolute Gasteiger partial charge is 0.430 e. The summed E-state index contributed by atoms with van der Waals surface area (Å²) in [7, 11) is 0.905. The van der Waals surface area contributed by atoms with Crippen LogP contribution in [0.25, 0.3) is 0 Å². The second kappa shape index (κ2) is 11.3. The minimum Gasteiger partial charge on any atom is -0.356 e. The molecule has 0 bridgehead atoms. The number of nitrogens with zero attached hydrogens (tertiary/aromatic N) is 1. The average Bonchev–Trinajstić information content (AvgIpc) is 2.81. The van der Waals surface area contributed by atoms with Crippen LogP contribution in [-0.2, 0) is 28.2 Å². The van der Waals surface area contributed by atoms with E-state index in [0.29, 0.717) is 19.6 Å². The molecule has 3 aromatic carbocycles. The fourth-order valence-corrected chi connectivity index (χ4v) is 4.05. The molecule has 2 atom stereocenters. The van der Waals surface area contributed by atoms with Crippen molar-refractivity contribution in [2.24, 2.45) is 0 Å². The number of alkyl halides is 3. The molecule has 0 unspecified atom stereocenters. The fourth-order valence-electron chi connectivity index (χ4n) is 4.05. The highest BCUT2D eigenvalue weighted by Crippen LogP contribution is 2.42. The Bertz CT molecular complexity index is 989. The number of hydrogen-bond donors (Lipinski definition) is 1. The predicted molar refractivity (Wildman–Crippen MR) is 126 cm³/mol. The van der Waals surface area contributed by atoms with E-state index in [2.05, 4.69) is 10.2 Å². The van der Waals surface area contributed by atoms with Gasteiger partial charge in [-0.1, -0.05) is 91.0 Å². The molecule has 180 valence electrons. The molecule has 0 aromatic heterocycles. The van der Waals surface area contributed by atoms with Crippen molar-refractivity contribution in [1.82, 2.24) is 10.2 Å². The number of hydrogen-bond acceptors (Lipinski definition) is 3. The Labute approximate surface area is 198 Å². The van der Waals surface area contributed by atoms with E-state index in [0.717, 1.165) is 18.2 Å². The van der Waals surface area contributed by atoms with E-state index in [1.165, 1.54) is 24.3 Å². The van der Waals surface area contributed by atoms with Crippen LogP contribution in [0.2, 0.25) is 0 Å². The number of carbonyl (C=O) groups is 1. The van der Waals surface area contributed by atoms with Crippen molar-refractivity contribution in [2.45, 2.75) is 37.8 Å². The van der Waals surface area contributed by atoms with Crippen LogP contribution in [0.5, 0.6) is 0 Å². The summed E-state index contributed by atoms with van der Waals surface area (Å²) >= 11 is 0. The lowest BCUT2D eigenvalue weighted by Gasteiger charge is -2.35. The first kappa shape index (κ1) is 25.5. The number of amides is 1. The van der Waals surface area contributed by atoms with Gasteiger partial charge in [-0.05, 0) is 18.1 Å². The van der Waals surface area contributed by atoms with Crippen LogP contribution < -0.4 is 5.32 Å². The number of nitrogens with one attached hydrogen (secondary N) is 1. The highest BCUT2D eigenvalue weighted by Gasteiger charge is 2.62. The molecule has 1 amide bonds. The van der Waals surface area contributed by atoms with Crippen LogP contribution in [0.1, 0.15) is 23.6 Å². The molecule has 0 aliphatic rings. The van der Waals surface area contributed by atoms with Gasteiger partial charge in [0.05, 0.1) is 0 Å². The van der Waals surface area contributed by atoms with Crippen LogP contribution in [0.15, 0.2) is 91.0 Å². The van der Waals surface area contributed by atoms with Crippen molar-refractivity contribution in [1.29, 1.82) is 0 Å². The minimum atomic E-state index is -4.94. The van der Waals surface area contributed by atoms with Gasteiger partial charge in [-0.15, -0.1) is 0 Å². The average molecular weight is 471 g/mol. The zero-order valence-electron chi connectivity index (χ0n) is 19.3. The molecule has 0 radical (unpaired) electrons. The van der Waals surface area contributed by atoms with E-state index in [9.17, 15) is 18.0 Å². The molecule has 0 aliphatic carbocycles. The van der Waals surface area contributed by atoms with E-state index >= 15 is 0 Å². The van der Waals surface area contributed by atoms with Crippen molar-refractivity contribution < 1.29 is 22.7 Å². The molecule has 0 aliphatic heterocycles. The van der Waals surface area contributed by atoms with E-state index < -0.39 is 23.7 Å². The van der Waals surface area contributed by atoms with E-state index in [-0.39, 0.29) is 5.56 Å². The second-order valence-corrected chi connectivity index (χ2v) is 8.26. The van der Waals surface area contributed by atoms with Gasteiger partial charge in [0.15, 0.2) is 0 Å². The maximum absolute atomic E-state index is 14.2. The lowest BCUT2D eigenvalue weighted by Crippen LogP contribution is -2.58. The van der Waals surface area contributed by atoms with Crippen molar-refractivity contribution >= 4 is 5.91 Å². The van der Waals surface area contributed by atoms with Gasteiger partial charge in [0.2, 0.25) is 0 Å². The smallest absolute Gasteiger partial charge is 0.356 e. The third kappa shape index (κ3) is 6.04. The van der Waals surface area contributed by atoms with E-state index in [1.807, 2.05) is 60.7 Å². The monoisotopic (exact) mass is 470 g/mol. The molecule has 1 N–H and O–H groups in total. The highest BCUT2D eigenvalue weighted by molar-refractivity contribution is 5.88. The summed E-state index contributed by atoms with van der Waals surface area (Å²) in [4.78, 5) is 15.2. The summed E-state index contributed by atoms with van der Waals surface area (Å²) < 4.78 is 47.5. The maximum Gasteiger partial charge on any atom is 0.430 e. The number of rotatable bonds is 10. The molecule has 34 heavy (non-hydrogen) atoms. The zero-order valence-corrected chi connectivity index (χ0v) is 19.3. The minimum absolute atomic E-state index is 0.264. The van der Waals surface area contributed by atoms with Crippen LogP contribution in [0.3, 0.4) is 0 Å². The maximum atomic E-state index is 14.2. The Balaban J connectivity index is 1.80. The van der Waals surface area contributed by atoms with Crippen molar-refractivity contribution in [2.75, 3.05) is 13.7 Å². The molecule has 7 heteroatoms. The fraction of sp³-hybridized carbons (Fsp3) is 0.296. The summed E-state index contributed by atoms with van der Waals surface area (Å²) in [6.07, 6.45) is -4.94. The van der Waals surface area contributed by atoms with Gasteiger partial charge in [0.25, 0.3) is 11.5 Å². The predicted octanol–water partition coefficient (Wildman–Crippen LogP) is 5.30. The summed E-state index contributed by atoms with van der Waals surface area (Å²) in [5, 5.41) is 2.55. The summed E-state index contributed by atoms with van der Waals surface area (Å²) in [5.74, 6) is -1.24. The van der Waals surface area contributed by atoms with Gasteiger partial charge in [0.1, 0.15) is 0 Å². The third-order valence-electron chi connectivity index (χ3n) is 5.61. The Morgan fingerprint density at radius 1 is 0.853 bits per heavy atom. The van der Waals surface area contributed by atoms with Crippen LogP contribution >= 0.6 is 0 Å². The van der Waals surface area contributed by atoms with E-state index in [1.54, 1.807) is 13.0 Å². The molecule has 0 fully saturated rings. The second-order valence-electron chi connectivity index (χ2n) is 8.26. The van der Waals surface area contributed by atoms with Crippen molar-refractivity contribution in [3.63, 3.8) is 0 Å². The summed E-state index contributed by atoms with van der Waals surface area (Å²) in [6, 6.07) is 26.0. The number of methoxy groups -OCH3 is 1. The molecule has 0 heterocycles. The number of ether oxygens (including phenoxy) is 1. The summed E-state index contributed by atoms with van der Waals surface area (Å²) in [5.41, 5.74) is -1.21. The Hall–Kier alpha value is -3.16. The topological polar surface area (TPSA) is 41.6 Å². The zero-order chi connectivity index (χ0) is 24.6. The lowest BCUT2D eigenvalue weighted by molar-refractivity contribution is -0.266. The molecule has 0 saturated heterocycles. The van der Waals surface area contributed by atoms with Gasteiger partial charge in [0, 0.05) is 38.3 Å². The quantitative estimate of drug-likeness (QED) is 0.437. The Kier molecular flexibility index (Phi) is 8.47. The Morgan fingerprint density at radius 3 is 1.71 bits per heavy atom. The number of benzene rings is 3. The number of halogens is 3. The first-order valence-corrected chi connectivity index (χ1v) is 11.0. The molecule has 0 saturated carbocycles. The van der Waals surface area contributed by atoms with Crippen LogP contribution in [0.4, 0.5) is 13.2 Å². The first-order chi connectivity index (χ1) is 16.3. The highest BCUT2D eigenvalue weighted by atomic mass is 19.4. The van der Waals surface area contributed by atoms with Crippen LogP contribution in [-0.4, -0.2) is 36.7 Å². The van der Waals surface area contributed by atoms with Gasteiger partial charge < -0.3 is 10.1 Å². The molecule has 3 aromatic rings. The third-order valence-corrected chi connectivity index (χ3v) is 5.61. The normalized spacial score (nSPS) is 14.4. The van der Waals surface area contributed by atoms with Gasteiger partial charge >= 0.3 is 6.18 Å². The molecule has 3 rings (SSSR count). The van der Waals surface area contributed by atoms with Crippen molar-refractivity contribution in [3.8, 4) is 0 Å². The molecule has 0 spiro atoms. The van der Waals surface area contributed by atoms with Crippen LogP contribution in [0, 0.1) is 0 Å². The molecular formula is C27H29F3N2O2. The van der Waals surface area contributed by atoms with Gasteiger partial charge in [-0.2, -0.15) is 13.2 Å². The van der Waals surface area contributed by atoms with E-state index in [4.69, 9.17) is 4.74 Å². The standard InChI is InChI=1S/C27H29F3N2O2/c1-21(31-25(33)26(34-2,27(28,29)30)24-16-10-5-11-17-24)18-32(19-22-12-6-3-7-13-22)20-23-14-8-4-9-15-23/h3-17,21H,18-20H2,1-2H3,(H,31,33)/t21-,26+/m1/s1. The molecular weight excluding hydrogens is 441 g/mol. The first-order valence-electron chi connectivity index (χ1n) is 11.0.